The first kappa shape index (κ1) is 27.3. The largest absolute Gasteiger partial charge is 0.457 e. The third-order valence-electron chi connectivity index (χ3n) is 7.09. The molecule has 200 valence electrons. The minimum atomic E-state index is -0.153. The first-order chi connectivity index (χ1) is 18.1. The number of nitrogens with zero attached hydrogens (tertiary/aromatic N) is 4. The number of carbonyl (C=O) groups is 1. The summed E-state index contributed by atoms with van der Waals surface area (Å²) in [6.45, 7) is 2.01. The van der Waals surface area contributed by atoms with Crippen molar-refractivity contribution in [2.75, 3.05) is 12.8 Å². The second kappa shape index (κ2) is 12.2. The Bertz CT molecular complexity index is 1350. The molecule has 2 heterocycles. The molecule has 1 fully saturated rings. The zero-order valence-electron chi connectivity index (χ0n) is 21.6. The summed E-state index contributed by atoms with van der Waals surface area (Å²) in [6.07, 6.45) is 5.82. The number of anilines is 1. The molecule has 1 atom stereocenters. The van der Waals surface area contributed by atoms with Crippen LogP contribution in [0.3, 0.4) is 0 Å². The first-order valence-corrected chi connectivity index (χ1v) is 12.9. The lowest BCUT2D eigenvalue weighted by Gasteiger charge is -2.30. The third-order valence-corrected chi connectivity index (χ3v) is 7.09. The molecule has 0 radical (unpaired) electrons. The van der Waals surface area contributed by atoms with Gasteiger partial charge in [0.1, 0.15) is 29.3 Å². The number of carbonyl (C=O) groups excluding carboxylic acids is 1. The molecule has 1 aliphatic carbocycles. The summed E-state index contributed by atoms with van der Waals surface area (Å²) in [6, 6.07) is 17.7. The van der Waals surface area contributed by atoms with Crippen LogP contribution in [0.2, 0.25) is 0 Å². The van der Waals surface area contributed by atoms with Gasteiger partial charge in [0.25, 0.3) is 0 Å². The molecule has 9 nitrogen and oxygen atoms in total. The van der Waals surface area contributed by atoms with Crippen LogP contribution in [0.1, 0.15) is 45.1 Å². The summed E-state index contributed by atoms with van der Waals surface area (Å²) in [5, 5.41) is 12.0. The van der Waals surface area contributed by atoms with E-state index in [0.29, 0.717) is 5.82 Å². The van der Waals surface area contributed by atoms with Gasteiger partial charge in [-0.15, -0.1) is 12.4 Å². The highest BCUT2D eigenvalue weighted by Gasteiger charge is 2.28. The predicted molar refractivity (Wildman–Crippen MR) is 152 cm³/mol. The molecule has 0 bridgehead atoms. The maximum absolute atomic E-state index is 12.5. The summed E-state index contributed by atoms with van der Waals surface area (Å²) in [5.41, 5.74) is 8.73. The Morgan fingerprint density at radius 1 is 1.05 bits per heavy atom. The fraction of sp³-hybridized carbons (Fsp3) is 0.357. The number of rotatable bonds is 8. The van der Waals surface area contributed by atoms with Crippen LogP contribution in [0.4, 0.5) is 5.82 Å². The molecule has 10 heteroatoms. The van der Waals surface area contributed by atoms with Crippen LogP contribution in [0, 0.1) is 0 Å². The molecule has 4 N–H and O–H groups in total. The van der Waals surface area contributed by atoms with Gasteiger partial charge in [0.2, 0.25) is 5.91 Å². The molecular weight excluding hydrogens is 502 g/mol. The molecule has 2 aromatic heterocycles. The normalized spacial score (nSPS) is 17.9. The maximum Gasteiger partial charge on any atom is 0.237 e. The van der Waals surface area contributed by atoms with Crippen molar-refractivity contribution < 1.29 is 9.53 Å². The van der Waals surface area contributed by atoms with Gasteiger partial charge in [-0.25, -0.2) is 14.6 Å². The quantitative estimate of drug-likeness (QED) is 0.294. The van der Waals surface area contributed by atoms with E-state index in [1.807, 2.05) is 73.3 Å². The van der Waals surface area contributed by atoms with Gasteiger partial charge in [0.05, 0.1) is 17.5 Å². The topological polar surface area (TPSA) is 120 Å². The number of nitrogens with two attached hydrogens (primary N) is 1. The minimum absolute atomic E-state index is 0. The van der Waals surface area contributed by atoms with E-state index in [1.54, 1.807) is 0 Å². The van der Waals surface area contributed by atoms with Crippen LogP contribution >= 0.6 is 12.4 Å². The lowest BCUT2D eigenvalue weighted by atomic mass is 9.91. The first-order valence-electron chi connectivity index (χ1n) is 12.9. The van der Waals surface area contributed by atoms with Crippen molar-refractivity contribution in [1.82, 2.24) is 30.4 Å². The second-order valence-corrected chi connectivity index (χ2v) is 9.45. The fourth-order valence-corrected chi connectivity index (χ4v) is 5.04. The molecule has 0 unspecified atom stereocenters. The van der Waals surface area contributed by atoms with E-state index < -0.39 is 0 Å². The molecule has 2 aromatic carbocycles. The number of nitrogens with one attached hydrogen (secondary N) is 2. The number of amides is 1. The van der Waals surface area contributed by atoms with Gasteiger partial charge in [0, 0.05) is 11.6 Å². The highest BCUT2D eigenvalue weighted by Crippen LogP contribution is 2.36. The fourth-order valence-electron chi connectivity index (χ4n) is 5.04. The van der Waals surface area contributed by atoms with E-state index >= 15 is 0 Å². The molecule has 0 saturated heterocycles. The number of para-hydroxylation sites is 1. The number of likely N-dealkylation sites (N-methyl/N-ethyl adjacent to an activating group) is 1. The lowest BCUT2D eigenvalue weighted by molar-refractivity contribution is -0.124. The van der Waals surface area contributed by atoms with Gasteiger partial charge in [-0.3, -0.25) is 4.79 Å². The van der Waals surface area contributed by atoms with Crippen LogP contribution < -0.4 is 21.1 Å². The highest BCUT2D eigenvalue weighted by molar-refractivity contribution is 5.98. The number of aromatic nitrogens is 4. The van der Waals surface area contributed by atoms with E-state index in [0.717, 1.165) is 65.9 Å². The van der Waals surface area contributed by atoms with Crippen molar-refractivity contribution >= 4 is 35.2 Å². The summed E-state index contributed by atoms with van der Waals surface area (Å²) in [7, 11) is 1.82. The number of hydrogen-bond donors (Lipinski definition) is 3. The van der Waals surface area contributed by atoms with Crippen molar-refractivity contribution in [1.29, 1.82) is 0 Å². The molecular formula is C28H34ClN7O2. The lowest BCUT2D eigenvalue weighted by Crippen LogP contribution is -2.47. The number of hydrogen-bond acceptors (Lipinski definition) is 7. The van der Waals surface area contributed by atoms with Crippen molar-refractivity contribution in [3.05, 3.63) is 60.9 Å². The Balaban J connectivity index is 0.00000336. The smallest absolute Gasteiger partial charge is 0.237 e. The molecule has 1 amide bonds. The summed E-state index contributed by atoms with van der Waals surface area (Å²) < 4.78 is 7.94. The van der Waals surface area contributed by atoms with Gasteiger partial charge in [0.15, 0.2) is 5.65 Å². The Hall–Kier alpha value is -3.69. The summed E-state index contributed by atoms with van der Waals surface area (Å²) >= 11 is 0. The second-order valence-electron chi connectivity index (χ2n) is 9.45. The molecule has 1 saturated carbocycles. The molecule has 0 spiro atoms. The van der Waals surface area contributed by atoms with Crippen molar-refractivity contribution in [3.63, 3.8) is 0 Å². The minimum Gasteiger partial charge on any atom is -0.457 e. The number of nitrogen functional groups attached to an aromatic ring is 1. The number of halogens is 1. The molecule has 4 aromatic rings. The highest BCUT2D eigenvalue weighted by atomic mass is 35.5. The number of fused-ring (bicyclic) bond motifs is 1. The molecule has 5 rings (SSSR count). The number of ether oxygens (including phenoxy) is 1. The van der Waals surface area contributed by atoms with Gasteiger partial charge in [-0.2, -0.15) is 5.10 Å². The van der Waals surface area contributed by atoms with E-state index in [-0.39, 0.29) is 36.4 Å². The average Bonchev–Trinajstić information content (AvgIpc) is 3.32. The van der Waals surface area contributed by atoms with Crippen LogP contribution in [-0.2, 0) is 4.79 Å². The van der Waals surface area contributed by atoms with Gasteiger partial charge in [-0.05, 0) is 75.5 Å². The van der Waals surface area contributed by atoms with Gasteiger partial charge < -0.3 is 21.1 Å². The van der Waals surface area contributed by atoms with Crippen LogP contribution in [0.5, 0.6) is 11.5 Å². The Kier molecular flexibility index (Phi) is 8.81. The Labute approximate surface area is 228 Å². The summed E-state index contributed by atoms with van der Waals surface area (Å²) in [4.78, 5) is 21.3. The molecule has 0 aliphatic heterocycles. The average molecular weight is 536 g/mol. The SMILES string of the molecule is CC[C@@H](NC)C(=O)NC1CCC(n2nc(-c3ccc(Oc4ccccc4)cc3)c3c(N)ncnc32)CC1.Cl. The zero-order valence-corrected chi connectivity index (χ0v) is 22.4. The van der Waals surface area contributed by atoms with Crippen LogP contribution in [-0.4, -0.2) is 44.8 Å². The molecule has 38 heavy (non-hydrogen) atoms. The maximum atomic E-state index is 12.5. The Morgan fingerprint density at radius 2 is 1.74 bits per heavy atom. The van der Waals surface area contributed by atoms with E-state index in [4.69, 9.17) is 15.6 Å². The number of benzene rings is 2. The van der Waals surface area contributed by atoms with E-state index in [1.165, 1.54) is 6.33 Å². The van der Waals surface area contributed by atoms with E-state index in [2.05, 4.69) is 20.6 Å². The van der Waals surface area contributed by atoms with Gasteiger partial charge >= 0.3 is 0 Å². The van der Waals surface area contributed by atoms with Gasteiger partial charge in [-0.1, -0.05) is 25.1 Å². The summed E-state index contributed by atoms with van der Waals surface area (Å²) in [5.74, 6) is 2.01. The van der Waals surface area contributed by atoms with Crippen molar-refractivity contribution in [2.45, 2.75) is 57.2 Å². The van der Waals surface area contributed by atoms with Crippen molar-refractivity contribution in [2.24, 2.45) is 0 Å². The monoisotopic (exact) mass is 535 g/mol. The predicted octanol–water partition coefficient (Wildman–Crippen LogP) is 4.89. The van der Waals surface area contributed by atoms with Crippen LogP contribution in [0.15, 0.2) is 60.9 Å². The third kappa shape index (κ3) is 5.74. The molecule has 1 aliphatic rings. The zero-order chi connectivity index (χ0) is 25.8. The van der Waals surface area contributed by atoms with Crippen LogP contribution in [0.25, 0.3) is 22.3 Å². The van der Waals surface area contributed by atoms with E-state index in [9.17, 15) is 4.79 Å². The van der Waals surface area contributed by atoms with Crippen molar-refractivity contribution in [3.8, 4) is 22.8 Å². The standard InChI is InChI=1S/C28H33N7O2.ClH/c1-3-23(30-2)28(36)33-19-11-13-20(14-12-19)35-27-24(26(29)31-17-32-27)25(34-35)18-9-15-22(16-10-18)37-21-7-5-4-6-8-21;/h4-10,15-17,19-20,23,30H,3,11-14H2,1-2H3,(H,33,36)(H2,29,31,32);1H/t19?,20?,23-;/m1./s1. The Morgan fingerprint density at radius 3 is 2.39 bits per heavy atom.